The molecule has 0 aliphatic carbocycles. The minimum absolute atomic E-state index is 0.155. The molecule has 212 valence electrons. The highest BCUT2D eigenvalue weighted by molar-refractivity contribution is 7.89. The van der Waals surface area contributed by atoms with E-state index in [1.54, 1.807) is 43.2 Å². The molecule has 0 saturated carbocycles. The lowest BCUT2D eigenvalue weighted by atomic mass is 10.1. The van der Waals surface area contributed by atoms with Gasteiger partial charge in [0.05, 0.1) is 12.0 Å². The van der Waals surface area contributed by atoms with Gasteiger partial charge in [-0.1, -0.05) is 60.7 Å². The van der Waals surface area contributed by atoms with Gasteiger partial charge in [-0.25, -0.2) is 8.42 Å². The van der Waals surface area contributed by atoms with Crippen LogP contribution in [-0.2, 0) is 39.1 Å². The van der Waals surface area contributed by atoms with Crippen LogP contribution in [0, 0.1) is 0 Å². The van der Waals surface area contributed by atoms with Gasteiger partial charge in [0.15, 0.2) is 0 Å². The average molecular weight is 564 g/mol. The largest absolute Gasteiger partial charge is 0.496 e. The highest BCUT2D eigenvalue weighted by Crippen LogP contribution is 2.22. The van der Waals surface area contributed by atoms with E-state index in [-0.39, 0.29) is 29.7 Å². The first kappa shape index (κ1) is 29.3. The monoisotopic (exact) mass is 563 g/mol. The molecule has 1 atom stereocenters. The zero-order valence-corrected chi connectivity index (χ0v) is 23.9. The van der Waals surface area contributed by atoms with Gasteiger partial charge in [0.2, 0.25) is 21.8 Å². The normalized spacial score (nSPS) is 14.4. The van der Waals surface area contributed by atoms with Crippen LogP contribution in [-0.4, -0.2) is 55.7 Å². The molecule has 2 amide bonds. The number of hydrogen-bond acceptors (Lipinski definition) is 5. The summed E-state index contributed by atoms with van der Waals surface area (Å²) < 4.78 is 32.5. The minimum atomic E-state index is -3.48. The Morgan fingerprint density at radius 3 is 2.25 bits per heavy atom. The molecule has 1 aliphatic rings. The zero-order valence-electron chi connectivity index (χ0n) is 23.1. The molecule has 0 radical (unpaired) electrons. The van der Waals surface area contributed by atoms with Crippen molar-refractivity contribution >= 4 is 21.8 Å². The number of aryl methyl sites for hydroxylation is 1. The summed E-state index contributed by atoms with van der Waals surface area (Å²) in [5.74, 6) is 0.274. The van der Waals surface area contributed by atoms with Crippen LogP contribution in [0.15, 0.2) is 83.8 Å². The first-order chi connectivity index (χ1) is 19.3. The molecule has 3 aromatic rings. The van der Waals surface area contributed by atoms with E-state index in [0.717, 1.165) is 29.5 Å². The van der Waals surface area contributed by atoms with Crippen molar-refractivity contribution in [1.29, 1.82) is 0 Å². The van der Waals surface area contributed by atoms with Gasteiger partial charge in [-0.2, -0.15) is 4.31 Å². The number of carbonyl (C=O) groups excluding carboxylic acids is 2. The number of nitrogens with one attached hydrogen (secondary N) is 1. The molecule has 0 unspecified atom stereocenters. The number of para-hydroxylation sites is 1. The van der Waals surface area contributed by atoms with Crippen molar-refractivity contribution < 1.29 is 22.7 Å². The molecule has 0 bridgehead atoms. The molecule has 8 nitrogen and oxygen atoms in total. The van der Waals surface area contributed by atoms with Gasteiger partial charge < -0.3 is 15.0 Å². The number of amides is 2. The van der Waals surface area contributed by atoms with Gasteiger partial charge in [-0.3, -0.25) is 9.59 Å². The highest BCUT2D eigenvalue weighted by Gasteiger charge is 2.28. The van der Waals surface area contributed by atoms with Crippen LogP contribution < -0.4 is 10.1 Å². The fraction of sp³-hybridized carbons (Fsp3) is 0.355. The number of sulfonamides is 1. The number of carbonyl (C=O) groups is 2. The molecule has 3 aromatic carbocycles. The standard InChI is InChI=1S/C31H37N3O5S/c1-24(31(36)32-22-27-12-6-7-13-29(27)39-2)34(23-26-10-4-3-5-11-26)30(35)19-16-25-14-17-28(18-15-25)40(37,38)33-20-8-9-21-33/h3-7,10-15,17-18,24H,8-9,16,19-23H2,1-2H3,(H,32,36)/t24-/m0/s1. The van der Waals surface area contributed by atoms with E-state index >= 15 is 0 Å². The third-order valence-electron chi connectivity index (χ3n) is 7.26. The third kappa shape index (κ3) is 7.28. The van der Waals surface area contributed by atoms with Crippen LogP contribution >= 0.6 is 0 Å². The average Bonchev–Trinajstić information content (AvgIpc) is 3.54. The zero-order chi connectivity index (χ0) is 28.5. The number of methoxy groups -OCH3 is 1. The molecule has 1 saturated heterocycles. The Morgan fingerprint density at radius 1 is 0.925 bits per heavy atom. The summed E-state index contributed by atoms with van der Waals surface area (Å²) in [6.07, 6.45) is 2.39. The third-order valence-corrected chi connectivity index (χ3v) is 9.18. The minimum Gasteiger partial charge on any atom is -0.496 e. The molecule has 1 N–H and O–H groups in total. The van der Waals surface area contributed by atoms with Crippen LogP contribution in [0.25, 0.3) is 0 Å². The van der Waals surface area contributed by atoms with Gasteiger partial charge in [0.1, 0.15) is 11.8 Å². The van der Waals surface area contributed by atoms with Crippen LogP contribution in [0.1, 0.15) is 42.9 Å². The lowest BCUT2D eigenvalue weighted by Crippen LogP contribution is -2.47. The second-order valence-corrected chi connectivity index (χ2v) is 11.9. The predicted octanol–water partition coefficient (Wildman–Crippen LogP) is 4.15. The van der Waals surface area contributed by atoms with Crippen molar-refractivity contribution in [3.63, 3.8) is 0 Å². The Balaban J connectivity index is 1.42. The second kappa shape index (κ2) is 13.6. The fourth-order valence-electron chi connectivity index (χ4n) is 4.84. The van der Waals surface area contributed by atoms with E-state index in [0.29, 0.717) is 31.8 Å². The topological polar surface area (TPSA) is 96.0 Å². The molecule has 4 rings (SSSR count). The summed E-state index contributed by atoms with van der Waals surface area (Å²) in [7, 11) is -1.89. The molecule has 1 aliphatic heterocycles. The van der Waals surface area contributed by atoms with Crippen molar-refractivity contribution in [3.8, 4) is 5.75 Å². The summed E-state index contributed by atoms with van der Waals surface area (Å²) in [6.45, 7) is 3.43. The Morgan fingerprint density at radius 2 is 1.57 bits per heavy atom. The molecular formula is C31H37N3O5S. The van der Waals surface area contributed by atoms with Gasteiger partial charge in [-0.05, 0) is 55.5 Å². The smallest absolute Gasteiger partial charge is 0.243 e. The van der Waals surface area contributed by atoms with E-state index in [1.165, 1.54) is 4.31 Å². The van der Waals surface area contributed by atoms with Crippen molar-refractivity contribution in [2.45, 2.75) is 56.6 Å². The lowest BCUT2D eigenvalue weighted by Gasteiger charge is -2.29. The Hall–Kier alpha value is -3.69. The van der Waals surface area contributed by atoms with Crippen molar-refractivity contribution in [3.05, 3.63) is 95.6 Å². The number of hydrogen-bond donors (Lipinski definition) is 1. The van der Waals surface area contributed by atoms with Crippen molar-refractivity contribution in [1.82, 2.24) is 14.5 Å². The summed E-state index contributed by atoms with van der Waals surface area (Å²) in [5, 5.41) is 2.94. The molecule has 0 spiro atoms. The molecule has 1 heterocycles. The maximum atomic E-state index is 13.5. The SMILES string of the molecule is COc1ccccc1CNC(=O)[C@H](C)N(Cc1ccccc1)C(=O)CCc1ccc(S(=O)(=O)N2CCCC2)cc1. The van der Waals surface area contributed by atoms with E-state index < -0.39 is 16.1 Å². The van der Waals surface area contributed by atoms with Gasteiger partial charge >= 0.3 is 0 Å². The highest BCUT2D eigenvalue weighted by atomic mass is 32.2. The maximum absolute atomic E-state index is 13.5. The fourth-order valence-corrected chi connectivity index (χ4v) is 6.36. The van der Waals surface area contributed by atoms with Gasteiger partial charge in [-0.15, -0.1) is 0 Å². The summed E-state index contributed by atoms with van der Waals surface area (Å²) in [6, 6.07) is 23.1. The summed E-state index contributed by atoms with van der Waals surface area (Å²) in [4.78, 5) is 28.5. The van der Waals surface area contributed by atoms with Crippen LogP contribution in [0.5, 0.6) is 5.75 Å². The Kier molecular flexibility index (Phi) is 9.95. The van der Waals surface area contributed by atoms with Crippen LogP contribution in [0.2, 0.25) is 0 Å². The molecule has 40 heavy (non-hydrogen) atoms. The van der Waals surface area contributed by atoms with E-state index in [2.05, 4.69) is 5.32 Å². The predicted molar refractivity (Wildman–Crippen MR) is 154 cm³/mol. The second-order valence-electron chi connectivity index (χ2n) is 9.97. The van der Waals surface area contributed by atoms with Crippen molar-refractivity contribution in [2.24, 2.45) is 0 Å². The van der Waals surface area contributed by atoms with Crippen LogP contribution in [0.4, 0.5) is 0 Å². The first-order valence-corrected chi connectivity index (χ1v) is 15.1. The van der Waals surface area contributed by atoms with Crippen LogP contribution in [0.3, 0.4) is 0 Å². The quantitative estimate of drug-likeness (QED) is 0.357. The number of rotatable bonds is 12. The molecular weight excluding hydrogens is 526 g/mol. The molecule has 0 aromatic heterocycles. The summed E-state index contributed by atoms with van der Waals surface area (Å²) >= 11 is 0. The first-order valence-electron chi connectivity index (χ1n) is 13.6. The number of ether oxygens (including phenoxy) is 1. The maximum Gasteiger partial charge on any atom is 0.243 e. The molecule has 9 heteroatoms. The van der Waals surface area contributed by atoms with E-state index in [1.807, 2.05) is 54.6 Å². The van der Waals surface area contributed by atoms with E-state index in [4.69, 9.17) is 4.74 Å². The molecule has 1 fully saturated rings. The Bertz CT molecular complexity index is 1390. The number of benzene rings is 3. The summed E-state index contributed by atoms with van der Waals surface area (Å²) in [5.41, 5.74) is 2.64. The van der Waals surface area contributed by atoms with E-state index in [9.17, 15) is 18.0 Å². The van der Waals surface area contributed by atoms with Gasteiger partial charge in [0.25, 0.3) is 0 Å². The lowest BCUT2D eigenvalue weighted by molar-refractivity contribution is -0.140. The Labute approximate surface area is 237 Å². The van der Waals surface area contributed by atoms with Gasteiger partial charge in [0, 0.05) is 38.2 Å². The van der Waals surface area contributed by atoms with Crippen molar-refractivity contribution in [2.75, 3.05) is 20.2 Å². The number of nitrogens with zero attached hydrogens (tertiary/aromatic N) is 2.